The van der Waals surface area contributed by atoms with Crippen LogP contribution in [0.15, 0.2) is 84.9 Å². The number of nitrogens with one attached hydrogen (secondary N) is 1. The standard InChI is InChI=1S/C30H35N3O4/c31-26(29(34)36-21-23-12-4-1-5-13-23)20-33(25-16-8-3-9-17-25)28-19-11-10-18-27(28)32-30(35)37-22-24-14-6-2-7-15-24/h1-2,4-7,10-15,18-19,25-26H,3,8-9,16-17,20-22,31H2,(H,32,35)/t26-/m1/s1. The van der Waals surface area contributed by atoms with Crippen molar-refractivity contribution < 1.29 is 19.1 Å². The van der Waals surface area contributed by atoms with Crippen molar-refractivity contribution in [2.24, 2.45) is 5.73 Å². The van der Waals surface area contributed by atoms with E-state index in [2.05, 4.69) is 10.2 Å². The number of benzene rings is 3. The molecule has 0 radical (unpaired) electrons. The van der Waals surface area contributed by atoms with E-state index in [1.807, 2.05) is 84.9 Å². The zero-order valence-electron chi connectivity index (χ0n) is 21.1. The van der Waals surface area contributed by atoms with Crippen molar-refractivity contribution >= 4 is 23.4 Å². The third-order valence-electron chi connectivity index (χ3n) is 6.60. The smallest absolute Gasteiger partial charge is 0.412 e. The maximum atomic E-state index is 12.8. The minimum Gasteiger partial charge on any atom is -0.460 e. The van der Waals surface area contributed by atoms with Crippen LogP contribution in [0, 0.1) is 0 Å². The van der Waals surface area contributed by atoms with E-state index in [1.165, 1.54) is 6.42 Å². The monoisotopic (exact) mass is 501 g/mol. The van der Waals surface area contributed by atoms with Crippen molar-refractivity contribution in [1.82, 2.24) is 0 Å². The molecule has 0 aromatic heterocycles. The van der Waals surface area contributed by atoms with Gasteiger partial charge in [-0.05, 0) is 36.1 Å². The molecule has 3 aromatic rings. The van der Waals surface area contributed by atoms with Crippen molar-refractivity contribution in [3.63, 3.8) is 0 Å². The number of hydrogen-bond donors (Lipinski definition) is 2. The van der Waals surface area contributed by atoms with Gasteiger partial charge in [-0.25, -0.2) is 4.79 Å². The molecule has 1 fully saturated rings. The minimum atomic E-state index is -0.830. The summed E-state index contributed by atoms with van der Waals surface area (Å²) in [5, 5.41) is 2.89. The molecular weight excluding hydrogens is 466 g/mol. The molecule has 1 atom stereocenters. The molecule has 3 aromatic carbocycles. The first-order valence-electron chi connectivity index (χ1n) is 12.9. The lowest BCUT2D eigenvalue weighted by molar-refractivity contribution is -0.146. The van der Waals surface area contributed by atoms with Gasteiger partial charge < -0.3 is 20.1 Å². The van der Waals surface area contributed by atoms with Crippen LogP contribution in [0.3, 0.4) is 0 Å². The Kier molecular flexibility index (Phi) is 9.54. The summed E-state index contributed by atoms with van der Waals surface area (Å²) in [4.78, 5) is 27.6. The molecule has 0 spiro atoms. The van der Waals surface area contributed by atoms with Crippen LogP contribution >= 0.6 is 0 Å². The van der Waals surface area contributed by atoms with Gasteiger partial charge in [0, 0.05) is 12.6 Å². The number of nitrogens with two attached hydrogens (primary N) is 1. The lowest BCUT2D eigenvalue weighted by Crippen LogP contribution is -2.48. The Morgan fingerprint density at radius 2 is 1.38 bits per heavy atom. The van der Waals surface area contributed by atoms with Gasteiger partial charge in [-0.15, -0.1) is 0 Å². The molecule has 7 nitrogen and oxygen atoms in total. The number of carbonyl (C=O) groups is 2. The average molecular weight is 502 g/mol. The van der Waals surface area contributed by atoms with Crippen LogP contribution in [0.25, 0.3) is 0 Å². The van der Waals surface area contributed by atoms with Gasteiger partial charge in [-0.2, -0.15) is 0 Å². The molecule has 0 unspecified atom stereocenters. The van der Waals surface area contributed by atoms with Crippen molar-refractivity contribution in [2.45, 2.75) is 57.4 Å². The summed E-state index contributed by atoms with van der Waals surface area (Å²) in [7, 11) is 0. The molecule has 0 heterocycles. The molecule has 1 aliphatic rings. The molecular formula is C30H35N3O4. The predicted octanol–water partition coefficient (Wildman–Crippen LogP) is 5.65. The fourth-order valence-electron chi connectivity index (χ4n) is 4.66. The number of nitrogens with zero attached hydrogens (tertiary/aromatic N) is 1. The van der Waals surface area contributed by atoms with E-state index in [1.54, 1.807) is 0 Å². The summed E-state index contributed by atoms with van der Waals surface area (Å²) in [6.07, 6.45) is 4.89. The van der Waals surface area contributed by atoms with Gasteiger partial charge in [0.1, 0.15) is 19.3 Å². The third-order valence-corrected chi connectivity index (χ3v) is 6.60. The van der Waals surface area contributed by atoms with Crippen LogP contribution in [0.5, 0.6) is 0 Å². The zero-order chi connectivity index (χ0) is 25.9. The van der Waals surface area contributed by atoms with E-state index >= 15 is 0 Å². The summed E-state index contributed by atoms with van der Waals surface area (Å²) < 4.78 is 10.9. The maximum Gasteiger partial charge on any atom is 0.412 e. The van der Waals surface area contributed by atoms with Gasteiger partial charge >= 0.3 is 12.1 Å². The summed E-state index contributed by atoms with van der Waals surface area (Å²) >= 11 is 0. The van der Waals surface area contributed by atoms with Crippen LogP contribution in [0.2, 0.25) is 0 Å². The fraction of sp³-hybridized carbons (Fsp3) is 0.333. The topological polar surface area (TPSA) is 93.9 Å². The molecule has 0 bridgehead atoms. The number of hydrogen-bond acceptors (Lipinski definition) is 6. The van der Waals surface area contributed by atoms with Crippen LogP contribution < -0.4 is 16.0 Å². The molecule has 3 N–H and O–H groups in total. The maximum absolute atomic E-state index is 12.8. The summed E-state index contributed by atoms with van der Waals surface area (Å²) in [6, 6.07) is 26.0. The first-order valence-corrected chi connectivity index (χ1v) is 12.9. The number of anilines is 2. The van der Waals surface area contributed by atoms with E-state index in [0.29, 0.717) is 5.69 Å². The van der Waals surface area contributed by atoms with Crippen LogP contribution in [-0.2, 0) is 27.5 Å². The van der Waals surface area contributed by atoms with Gasteiger partial charge in [0.2, 0.25) is 0 Å². The van der Waals surface area contributed by atoms with Gasteiger partial charge in [0.05, 0.1) is 11.4 Å². The lowest BCUT2D eigenvalue weighted by atomic mass is 9.93. The summed E-state index contributed by atoms with van der Waals surface area (Å²) in [5.41, 5.74) is 9.62. The Morgan fingerprint density at radius 1 is 0.811 bits per heavy atom. The molecule has 37 heavy (non-hydrogen) atoms. The zero-order valence-corrected chi connectivity index (χ0v) is 21.1. The molecule has 194 valence electrons. The second kappa shape index (κ2) is 13.5. The highest BCUT2D eigenvalue weighted by Gasteiger charge is 2.28. The van der Waals surface area contributed by atoms with Crippen LogP contribution in [0.1, 0.15) is 43.2 Å². The first-order chi connectivity index (χ1) is 18.1. The van der Waals surface area contributed by atoms with Gasteiger partial charge in [0.15, 0.2) is 0 Å². The van der Waals surface area contributed by atoms with E-state index in [9.17, 15) is 9.59 Å². The minimum absolute atomic E-state index is 0.180. The first kappa shape index (κ1) is 26.2. The van der Waals surface area contributed by atoms with Gasteiger partial charge in [-0.1, -0.05) is 92.1 Å². The number of rotatable bonds is 10. The van der Waals surface area contributed by atoms with Crippen molar-refractivity contribution in [1.29, 1.82) is 0 Å². The molecule has 1 amide bonds. The Hall–Kier alpha value is -3.84. The molecule has 4 rings (SSSR count). The number of esters is 1. The molecule has 7 heteroatoms. The van der Waals surface area contributed by atoms with Crippen molar-refractivity contribution in [3.05, 3.63) is 96.1 Å². The highest BCUT2D eigenvalue weighted by atomic mass is 16.5. The van der Waals surface area contributed by atoms with E-state index < -0.39 is 18.1 Å². The highest BCUT2D eigenvalue weighted by molar-refractivity contribution is 5.90. The fourth-order valence-corrected chi connectivity index (χ4v) is 4.66. The number of amides is 1. The molecule has 1 saturated carbocycles. The quantitative estimate of drug-likeness (QED) is 0.349. The van der Waals surface area contributed by atoms with E-state index in [4.69, 9.17) is 15.2 Å². The Balaban J connectivity index is 1.45. The van der Waals surface area contributed by atoms with Crippen LogP contribution in [-0.4, -0.2) is 30.7 Å². The third kappa shape index (κ3) is 7.82. The number of ether oxygens (including phenoxy) is 2. The SMILES string of the molecule is N[C@H](CN(c1ccccc1NC(=O)OCc1ccccc1)C1CCCCC1)C(=O)OCc1ccccc1. The van der Waals surface area contributed by atoms with Crippen molar-refractivity contribution in [2.75, 3.05) is 16.8 Å². The predicted molar refractivity (Wildman–Crippen MR) is 145 cm³/mol. The molecule has 0 saturated heterocycles. The van der Waals surface area contributed by atoms with E-state index in [0.717, 1.165) is 42.5 Å². The Bertz CT molecular complexity index is 1130. The summed E-state index contributed by atoms with van der Waals surface area (Å²) in [6.45, 7) is 0.650. The second-order valence-corrected chi connectivity index (χ2v) is 9.35. The number of para-hydroxylation sites is 2. The van der Waals surface area contributed by atoms with Crippen LogP contribution in [0.4, 0.5) is 16.2 Å². The largest absolute Gasteiger partial charge is 0.460 e. The number of carbonyl (C=O) groups excluding carboxylic acids is 2. The van der Waals surface area contributed by atoms with E-state index in [-0.39, 0.29) is 25.8 Å². The highest BCUT2D eigenvalue weighted by Crippen LogP contribution is 2.33. The second-order valence-electron chi connectivity index (χ2n) is 9.35. The lowest BCUT2D eigenvalue weighted by Gasteiger charge is -2.38. The summed E-state index contributed by atoms with van der Waals surface area (Å²) in [5.74, 6) is -0.447. The Morgan fingerprint density at radius 3 is 2.03 bits per heavy atom. The van der Waals surface area contributed by atoms with Gasteiger partial charge in [0.25, 0.3) is 0 Å². The molecule has 1 aliphatic carbocycles. The van der Waals surface area contributed by atoms with Crippen molar-refractivity contribution in [3.8, 4) is 0 Å². The normalized spacial score (nSPS) is 14.4. The average Bonchev–Trinajstić information content (AvgIpc) is 2.95. The molecule has 0 aliphatic heterocycles. The van der Waals surface area contributed by atoms with Gasteiger partial charge in [-0.3, -0.25) is 10.1 Å². The Labute approximate surface area is 218 Å².